The number of hydrazone groups is 1. The number of halogens is 2. The van der Waals surface area contributed by atoms with Gasteiger partial charge in [-0.15, -0.1) is 0 Å². The lowest BCUT2D eigenvalue weighted by Gasteiger charge is -2.26. The van der Waals surface area contributed by atoms with Crippen LogP contribution in [-0.2, 0) is 11.3 Å². The maximum atomic E-state index is 13.2. The molecule has 0 bridgehead atoms. The molecule has 21 heavy (non-hydrogen) atoms. The van der Waals surface area contributed by atoms with Crippen molar-refractivity contribution in [3.05, 3.63) is 59.7 Å². The van der Waals surface area contributed by atoms with Gasteiger partial charge in [-0.05, 0) is 30.2 Å². The Labute approximate surface area is 122 Å². The van der Waals surface area contributed by atoms with E-state index in [0.717, 1.165) is 11.6 Å². The van der Waals surface area contributed by atoms with Crippen molar-refractivity contribution in [2.75, 3.05) is 6.54 Å². The summed E-state index contributed by atoms with van der Waals surface area (Å²) in [4.78, 5) is 11.9. The molecule has 0 saturated heterocycles. The van der Waals surface area contributed by atoms with Crippen LogP contribution in [0.4, 0.5) is 8.78 Å². The highest BCUT2D eigenvalue weighted by Gasteiger charge is 2.21. The van der Waals surface area contributed by atoms with Gasteiger partial charge in [-0.1, -0.05) is 18.7 Å². The zero-order valence-corrected chi connectivity index (χ0v) is 11.8. The minimum atomic E-state index is -0.636. The lowest BCUT2D eigenvalue weighted by Crippen LogP contribution is -2.31. The number of hydrogen-bond donors (Lipinski definition) is 0. The van der Waals surface area contributed by atoms with Gasteiger partial charge in [-0.2, -0.15) is 5.10 Å². The number of nitrogens with zero attached hydrogens (tertiary/aromatic N) is 2. The zero-order valence-electron chi connectivity index (χ0n) is 11.8. The first-order valence-corrected chi connectivity index (χ1v) is 6.49. The Morgan fingerprint density at radius 2 is 1.95 bits per heavy atom. The first kappa shape index (κ1) is 15.1. The minimum Gasteiger partial charge on any atom is -0.288 e. The summed E-state index contributed by atoms with van der Waals surface area (Å²) >= 11 is 0. The van der Waals surface area contributed by atoms with E-state index in [1.54, 1.807) is 11.9 Å². The van der Waals surface area contributed by atoms with Crippen LogP contribution in [0.25, 0.3) is 0 Å². The molecule has 0 aliphatic carbocycles. The van der Waals surface area contributed by atoms with E-state index < -0.39 is 11.6 Å². The molecule has 0 unspecified atom stereocenters. The number of ketones is 1. The Balaban J connectivity index is 2.22. The van der Waals surface area contributed by atoms with Crippen molar-refractivity contribution in [3.63, 3.8) is 0 Å². The third-order valence-electron chi connectivity index (χ3n) is 3.02. The van der Waals surface area contributed by atoms with Crippen LogP contribution in [0.2, 0.25) is 0 Å². The van der Waals surface area contributed by atoms with Gasteiger partial charge in [0.15, 0.2) is 0 Å². The van der Waals surface area contributed by atoms with Gasteiger partial charge in [-0.25, -0.2) is 8.78 Å². The fourth-order valence-electron chi connectivity index (χ4n) is 2.17. The molecule has 5 heteroatoms. The molecule has 0 spiro atoms. The molecule has 0 N–H and O–H groups in total. The van der Waals surface area contributed by atoms with Crippen molar-refractivity contribution < 1.29 is 13.6 Å². The maximum Gasteiger partial charge on any atom is 0.204 e. The van der Waals surface area contributed by atoms with Crippen LogP contribution in [0.3, 0.4) is 0 Å². The van der Waals surface area contributed by atoms with E-state index >= 15 is 0 Å². The highest BCUT2D eigenvalue weighted by Crippen LogP contribution is 2.18. The third kappa shape index (κ3) is 3.84. The molecule has 2 rings (SSSR count). The van der Waals surface area contributed by atoms with Gasteiger partial charge in [0.25, 0.3) is 0 Å². The van der Waals surface area contributed by atoms with Gasteiger partial charge >= 0.3 is 0 Å². The summed E-state index contributed by atoms with van der Waals surface area (Å²) in [5.74, 6) is -1.49. The molecule has 1 aliphatic heterocycles. The average molecular weight is 290 g/mol. The van der Waals surface area contributed by atoms with E-state index in [1.807, 2.05) is 0 Å². The van der Waals surface area contributed by atoms with E-state index in [0.29, 0.717) is 29.8 Å². The standard InChI is InChI=1S/C16H16F2N2O/c1-10(2)16(21)15-4-11(3)8-20(19-15)9-12-5-13(17)7-14(18)6-12/h5-7H,1,3-4,8-9H2,2H3. The molecule has 0 amide bonds. The van der Waals surface area contributed by atoms with Crippen LogP contribution in [0.5, 0.6) is 0 Å². The van der Waals surface area contributed by atoms with Crippen LogP contribution in [0.1, 0.15) is 18.9 Å². The fraction of sp³-hybridized carbons (Fsp3) is 0.250. The van der Waals surface area contributed by atoms with Crippen LogP contribution in [-0.4, -0.2) is 23.0 Å². The topological polar surface area (TPSA) is 32.7 Å². The maximum absolute atomic E-state index is 13.2. The summed E-state index contributed by atoms with van der Waals surface area (Å²) in [5, 5.41) is 5.82. The first-order valence-electron chi connectivity index (χ1n) is 6.49. The molecule has 0 fully saturated rings. The Kier molecular flexibility index (Phi) is 4.31. The molecule has 1 aromatic rings. The second kappa shape index (κ2) is 5.99. The molecule has 0 saturated carbocycles. The molecule has 0 atom stereocenters. The number of allylic oxidation sites excluding steroid dienone is 1. The summed E-state index contributed by atoms with van der Waals surface area (Å²) in [6.45, 7) is 9.77. The SMILES string of the molecule is C=C1CC(C(=O)C(=C)C)=NN(Cc2cc(F)cc(F)c2)C1. The Morgan fingerprint density at radius 3 is 2.52 bits per heavy atom. The van der Waals surface area contributed by atoms with Crippen LogP contribution in [0, 0.1) is 11.6 Å². The van der Waals surface area contributed by atoms with Crippen LogP contribution < -0.4 is 0 Å². The molecule has 1 aliphatic rings. The molecule has 3 nitrogen and oxygen atoms in total. The number of hydrogen-bond acceptors (Lipinski definition) is 3. The van der Waals surface area contributed by atoms with Crippen molar-refractivity contribution in [1.29, 1.82) is 0 Å². The van der Waals surface area contributed by atoms with Crippen molar-refractivity contribution in [2.45, 2.75) is 19.9 Å². The third-order valence-corrected chi connectivity index (χ3v) is 3.02. The predicted octanol–water partition coefficient (Wildman–Crippen LogP) is 3.23. The first-order chi connectivity index (χ1) is 9.85. The van der Waals surface area contributed by atoms with Gasteiger partial charge in [0.05, 0.1) is 13.1 Å². The average Bonchev–Trinajstić information content (AvgIpc) is 2.35. The van der Waals surface area contributed by atoms with Gasteiger partial charge < -0.3 is 0 Å². The lowest BCUT2D eigenvalue weighted by atomic mass is 10.0. The predicted molar refractivity (Wildman–Crippen MR) is 77.8 cm³/mol. The number of Topliss-reactive ketones (excluding diaryl/α,β-unsaturated/α-hetero) is 1. The summed E-state index contributed by atoms with van der Waals surface area (Å²) in [6.07, 6.45) is 0.402. The van der Waals surface area contributed by atoms with Gasteiger partial charge in [-0.3, -0.25) is 9.80 Å². The molecule has 0 aromatic heterocycles. The summed E-state index contributed by atoms with van der Waals surface area (Å²) < 4.78 is 26.4. The zero-order chi connectivity index (χ0) is 15.6. The summed E-state index contributed by atoms with van der Waals surface area (Å²) in [6, 6.07) is 3.31. The molecular formula is C16H16F2N2O. The number of carbonyl (C=O) groups excluding carboxylic acids is 1. The van der Waals surface area contributed by atoms with E-state index in [1.165, 1.54) is 12.1 Å². The fourth-order valence-corrected chi connectivity index (χ4v) is 2.17. The second-order valence-corrected chi connectivity index (χ2v) is 5.18. The van der Waals surface area contributed by atoms with E-state index in [2.05, 4.69) is 18.3 Å². The lowest BCUT2D eigenvalue weighted by molar-refractivity contribution is -0.109. The highest BCUT2D eigenvalue weighted by molar-refractivity contribution is 6.46. The normalized spacial score (nSPS) is 14.9. The van der Waals surface area contributed by atoms with E-state index in [4.69, 9.17) is 0 Å². The van der Waals surface area contributed by atoms with Crippen molar-refractivity contribution >= 4 is 11.5 Å². The van der Waals surface area contributed by atoms with Crippen molar-refractivity contribution in [2.24, 2.45) is 5.10 Å². The van der Waals surface area contributed by atoms with Gasteiger partial charge in [0, 0.05) is 12.5 Å². The van der Waals surface area contributed by atoms with Gasteiger partial charge in [0.2, 0.25) is 5.78 Å². The quantitative estimate of drug-likeness (QED) is 0.630. The minimum absolute atomic E-state index is 0.209. The number of rotatable bonds is 4. The monoisotopic (exact) mass is 290 g/mol. The molecule has 1 heterocycles. The smallest absolute Gasteiger partial charge is 0.204 e. The van der Waals surface area contributed by atoms with Crippen LogP contribution >= 0.6 is 0 Å². The Morgan fingerprint density at radius 1 is 1.33 bits per heavy atom. The van der Waals surface area contributed by atoms with Gasteiger partial charge in [0.1, 0.15) is 17.3 Å². The molecular weight excluding hydrogens is 274 g/mol. The number of benzene rings is 1. The van der Waals surface area contributed by atoms with E-state index in [9.17, 15) is 13.6 Å². The Hall–Kier alpha value is -2.30. The number of carbonyl (C=O) groups is 1. The van der Waals surface area contributed by atoms with Crippen molar-refractivity contribution in [3.8, 4) is 0 Å². The van der Waals surface area contributed by atoms with Crippen molar-refractivity contribution in [1.82, 2.24) is 5.01 Å². The van der Waals surface area contributed by atoms with E-state index in [-0.39, 0.29) is 12.3 Å². The summed E-state index contributed by atoms with van der Waals surface area (Å²) in [7, 11) is 0. The molecule has 0 radical (unpaired) electrons. The largest absolute Gasteiger partial charge is 0.288 e. The second-order valence-electron chi connectivity index (χ2n) is 5.18. The molecule has 110 valence electrons. The highest BCUT2D eigenvalue weighted by atomic mass is 19.1. The Bertz CT molecular complexity index is 629. The van der Waals surface area contributed by atoms with Crippen LogP contribution in [0.15, 0.2) is 47.6 Å². The molecule has 1 aromatic carbocycles. The summed E-state index contributed by atoms with van der Waals surface area (Å²) in [5.41, 5.74) is 2.04.